The highest BCUT2D eigenvalue weighted by Crippen LogP contribution is 2.15. The number of nitrogens with two attached hydrogens (primary N) is 1. The highest BCUT2D eigenvalue weighted by Gasteiger charge is 2.27. The van der Waals surface area contributed by atoms with Gasteiger partial charge in [-0.2, -0.15) is 0 Å². The van der Waals surface area contributed by atoms with Gasteiger partial charge in [0.1, 0.15) is 6.04 Å². The molecule has 0 aliphatic rings. The molecule has 5 N–H and O–H groups in total. The van der Waals surface area contributed by atoms with E-state index in [-0.39, 0.29) is 0 Å². The third-order valence-electron chi connectivity index (χ3n) is 2.08. The molecule has 0 aromatic heterocycles. The van der Waals surface area contributed by atoms with Crippen molar-refractivity contribution in [2.24, 2.45) is 5.73 Å². The quantitative estimate of drug-likeness (QED) is 0.591. The monoisotopic (exact) mass is 224 g/mol. The molecule has 6 nitrogen and oxygen atoms in total. The fourth-order valence-electron chi connectivity index (χ4n) is 1.32. The lowest BCUT2D eigenvalue weighted by atomic mass is 10.0. The molecule has 6 heteroatoms. The highest BCUT2D eigenvalue weighted by molar-refractivity contribution is 5.76. The number of rotatable bonds is 4. The van der Waals surface area contributed by atoms with Crippen molar-refractivity contribution in [3.8, 4) is 0 Å². The molecule has 0 fully saturated rings. The first-order valence-corrected chi connectivity index (χ1v) is 4.55. The van der Waals surface area contributed by atoms with Crippen LogP contribution in [0.3, 0.4) is 0 Å². The van der Waals surface area contributed by atoms with E-state index in [4.69, 9.17) is 15.9 Å². The first-order valence-electron chi connectivity index (χ1n) is 4.55. The van der Waals surface area contributed by atoms with Crippen molar-refractivity contribution >= 4 is 12.1 Å². The minimum atomic E-state index is -1.32. The van der Waals surface area contributed by atoms with Crippen molar-refractivity contribution in [3.63, 3.8) is 0 Å². The van der Waals surface area contributed by atoms with E-state index >= 15 is 0 Å². The highest BCUT2D eigenvalue weighted by atomic mass is 16.4. The molecule has 1 aromatic rings. The number of carbonyl (C=O) groups is 2. The van der Waals surface area contributed by atoms with Crippen LogP contribution >= 0.6 is 0 Å². The van der Waals surface area contributed by atoms with Crippen molar-refractivity contribution in [2.45, 2.75) is 12.1 Å². The van der Waals surface area contributed by atoms with Gasteiger partial charge in [-0.05, 0) is 5.56 Å². The Hall–Kier alpha value is -2.08. The summed E-state index contributed by atoms with van der Waals surface area (Å²) in [5.74, 6) is -1.26. The smallest absolute Gasteiger partial charge is 0.405 e. The van der Waals surface area contributed by atoms with Crippen LogP contribution in [-0.4, -0.2) is 28.3 Å². The van der Waals surface area contributed by atoms with Gasteiger partial charge in [-0.15, -0.1) is 0 Å². The normalized spacial score (nSPS) is 13.8. The van der Waals surface area contributed by atoms with Gasteiger partial charge < -0.3 is 21.3 Å². The fraction of sp³-hybridized carbons (Fsp3) is 0.200. The Morgan fingerprint density at radius 1 is 1.19 bits per heavy atom. The van der Waals surface area contributed by atoms with E-state index in [1.807, 2.05) is 0 Å². The van der Waals surface area contributed by atoms with Crippen LogP contribution in [0, 0.1) is 0 Å². The van der Waals surface area contributed by atoms with Crippen molar-refractivity contribution in [1.29, 1.82) is 0 Å². The molecule has 1 aromatic carbocycles. The summed E-state index contributed by atoms with van der Waals surface area (Å²) in [5, 5.41) is 19.5. The van der Waals surface area contributed by atoms with Gasteiger partial charge in [0.25, 0.3) is 0 Å². The van der Waals surface area contributed by atoms with Crippen LogP contribution in [0.1, 0.15) is 11.6 Å². The van der Waals surface area contributed by atoms with Gasteiger partial charge in [-0.3, -0.25) is 4.79 Å². The number of carboxylic acids is 1. The average molecular weight is 224 g/mol. The van der Waals surface area contributed by atoms with Crippen molar-refractivity contribution in [1.82, 2.24) is 5.32 Å². The van der Waals surface area contributed by atoms with Crippen LogP contribution in [0.15, 0.2) is 30.3 Å². The van der Waals surface area contributed by atoms with Crippen LogP contribution < -0.4 is 11.1 Å². The number of amides is 1. The number of nitrogens with one attached hydrogen (secondary N) is 1. The molecule has 0 bridgehead atoms. The lowest BCUT2D eigenvalue weighted by molar-refractivity contribution is -0.139. The fourth-order valence-corrected chi connectivity index (χ4v) is 1.32. The number of aliphatic carboxylic acids is 1. The molecule has 0 saturated heterocycles. The Kier molecular flexibility index (Phi) is 3.84. The summed E-state index contributed by atoms with van der Waals surface area (Å²) in [6.07, 6.45) is -1.31. The molecular formula is C10H12N2O4. The molecule has 2 unspecified atom stereocenters. The molecule has 0 heterocycles. The molecule has 0 aliphatic heterocycles. The predicted molar refractivity (Wildman–Crippen MR) is 56.0 cm³/mol. The van der Waals surface area contributed by atoms with E-state index in [1.165, 1.54) is 0 Å². The second-order valence-electron chi connectivity index (χ2n) is 3.20. The van der Waals surface area contributed by atoms with Gasteiger partial charge in [0.05, 0.1) is 6.04 Å². The summed E-state index contributed by atoms with van der Waals surface area (Å²) in [4.78, 5) is 21.3. The van der Waals surface area contributed by atoms with Gasteiger partial charge in [-0.25, -0.2) is 4.79 Å². The SMILES string of the molecule is NC(C(=O)O)C(NC(=O)O)c1ccccc1. The first-order chi connectivity index (χ1) is 7.52. The van der Waals surface area contributed by atoms with E-state index in [2.05, 4.69) is 5.32 Å². The summed E-state index contributed by atoms with van der Waals surface area (Å²) in [6.45, 7) is 0. The zero-order valence-corrected chi connectivity index (χ0v) is 8.33. The lowest BCUT2D eigenvalue weighted by Gasteiger charge is -2.20. The van der Waals surface area contributed by atoms with Gasteiger partial charge in [0.15, 0.2) is 0 Å². The van der Waals surface area contributed by atoms with Crippen molar-refractivity contribution in [3.05, 3.63) is 35.9 Å². The Morgan fingerprint density at radius 3 is 2.19 bits per heavy atom. The summed E-state index contributed by atoms with van der Waals surface area (Å²) in [5.41, 5.74) is 5.93. The summed E-state index contributed by atoms with van der Waals surface area (Å²) in [7, 11) is 0. The Morgan fingerprint density at radius 2 is 1.75 bits per heavy atom. The molecule has 1 rings (SSSR count). The van der Waals surface area contributed by atoms with Gasteiger partial charge >= 0.3 is 12.1 Å². The molecule has 0 aliphatic carbocycles. The van der Waals surface area contributed by atoms with Crippen molar-refractivity contribution < 1.29 is 19.8 Å². The zero-order chi connectivity index (χ0) is 12.1. The van der Waals surface area contributed by atoms with Crippen LogP contribution in [-0.2, 0) is 4.79 Å². The van der Waals surface area contributed by atoms with Gasteiger partial charge in [0.2, 0.25) is 0 Å². The Balaban J connectivity index is 2.96. The molecule has 16 heavy (non-hydrogen) atoms. The molecule has 0 saturated carbocycles. The molecular weight excluding hydrogens is 212 g/mol. The second-order valence-corrected chi connectivity index (χ2v) is 3.20. The molecule has 1 amide bonds. The summed E-state index contributed by atoms with van der Waals surface area (Å²) >= 11 is 0. The minimum Gasteiger partial charge on any atom is -0.480 e. The molecule has 0 spiro atoms. The lowest BCUT2D eigenvalue weighted by Crippen LogP contribution is -2.45. The average Bonchev–Trinajstić information content (AvgIpc) is 2.26. The third-order valence-corrected chi connectivity index (χ3v) is 2.08. The van der Waals surface area contributed by atoms with E-state index in [1.54, 1.807) is 30.3 Å². The predicted octanol–water partition coefficient (Wildman–Crippen LogP) is 0.407. The second kappa shape index (κ2) is 5.13. The summed E-state index contributed by atoms with van der Waals surface area (Å²) in [6, 6.07) is 6.05. The zero-order valence-electron chi connectivity index (χ0n) is 8.33. The van der Waals surface area contributed by atoms with E-state index in [0.29, 0.717) is 5.56 Å². The first kappa shape index (κ1) is 12.0. The summed E-state index contributed by atoms with van der Waals surface area (Å²) < 4.78 is 0. The molecule has 0 radical (unpaired) electrons. The number of benzene rings is 1. The van der Waals surface area contributed by atoms with Crippen LogP contribution in [0.4, 0.5) is 4.79 Å². The minimum absolute atomic E-state index is 0.514. The topological polar surface area (TPSA) is 113 Å². The third kappa shape index (κ3) is 2.96. The maximum Gasteiger partial charge on any atom is 0.405 e. The standard InChI is InChI=1S/C10H12N2O4/c11-7(9(13)14)8(12-10(15)16)6-4-2-1-3-5-6/h1-5,7-8,12H,11H2,(H,13,14)(H,15,16). The van der Waals surface area contributed by atoms with Gasteiger partial charge in [0, 0.05) is 0 Å². The van der Waals surface area contributed by atoms with Crippen LogP contribution in [0.5, 0.6) is 0 Å². The number of hydrogen-bond acceptors (Lipinski definition) is 3. The number of carboxylic acid groups (broad SMARTS) is 2. The number of hydrogen-bond donors (Lipinski definition) is 4. The van der Waals surface area contributed by atoms with E-state index in [0.717, 1.165) is 0 Å². The maximum atomic E-state index is 10.7. The van der Waals surface area contributed by atoms with E-state index in [9.17, 15) is 9.59 Å². The van der Waals surface area contributed by atoms with Crippen LogP contribution in [0.25, 0.3) is 0 Å². The van der Waals surface area contributed by atoms with E-state index < -0.39 is 24.1 Å². The Bertz CT molecular complexity index is 380. The van der Waals surface area contributed by atoms with Crippen molar-refractivity contribution in [2.75, 3.05) is 0 Å². The largest absolute Gasteiger partial charge is 0.480 e. The van der Waals surface area contributed by atoms with Crippen LogP contribution in [0.2, 0.25) is 0 Å². The van der Waals surface area contributed by atoms with Gasteiger partial charge in [-0.1, -0.05) is 30.3 Å². The Labute approximate surface area is 91.7 Å². The molecule has 86 valence electrons. The maximum absolute atomic E-state index is 10.7. The molecule has 2 atom stereocenters.